The molecule has 0 amide bonds. The molecule has 3 heteroatoms. The standard InChI is InChI=1S/C8H12O3/c1-3-6-11-8(10)7(2)4-5-9/h3,5,7H,1,4,6H2,2H3. The van der Waals surface area contributed by atoms with Gasteiger partial charge in [-0.05, 0) is 0 Å². The Hall–Kier alpha value is -1.12. The molecule has 0 N–H and O–H groups in total. The summed E-state index contributed by atoms with van der Waals surface area (Å²) in [5.74, 6) is -0.690. The second-order valence-electron chi connectivity index (χ2n) is 2.22. The van der Waals surface area contributed by atoms with Gasteiger partial charge in [-0.15, -0.1) is 0 Å². The number of rotatable bonds is 5. The van der Waals surface area contributed by atoms with Gasteiger partial charge in [0.25, 0.3) is 0 Å². The van der Waals surface area contributed by atoms with Crippen LogP contribution in [0.3, 0.4) is 0 Å². The largest absolute Gasteiger partial charge is 0.461 e. The van der Waals surface area contributed by atoms with Crippen LogP contribution in [-0.2, 0) is 14.3 Å². The molecule has 0 aromatic carbocycles. The maximum Gasteiger partial charge on any atom is 0.309 e. The van der Waals surface area contributed by atoms with E-state index in [-0.39, 0.29) is 24.9 Å². The summed E-state index contributed by atoms with van der Waals surface area (Å²) in [6.45, 7) is 5.25. The Morgan fingerprint density at radius 2 is 2.36 bits per heavy atom. The molecule has 11 heavy (non-hydrogen) atoms. The van der Waals surface area contributed by atoms with Gasteiger partial charge < -0.3 is 9.53 Å². The Kier molecular flexibility index (Phi) is 5.07. The van der Waals surface area contributed by atoms with Gasteiger partial charge in [0.05, 0.1) is 5.92 Å². The zero-order chi connectivity index (χ0) is 8.69. The molecule has 0 rings (SSSR count). The number of aldehydes is 1. The molecule has 0 radical (unpaired) electrons. The summed E-state index contributed by atoms with van der Waals surface area (Å²) >= 11 is 0. The molecule has 0 saturated carbocycles. The lowest BCUT2D eigenvalue weighted by molar-refractivity contribution is -0.147. The van der Waals surface area contributed by atoms with E-state index in [1.165, 1.54) is 6.08 Å². The van der Waals surface area contributed by atoms with Crippen molar-refractivity contribution in [3.05, 3.63) is 12.7 Å². The summed E-state index contributed by atoms with van der Waals surface area (Å²) in [5.41, 5.74) is 0. The second kappa shape index (κ2) is 5.65. The van der Waals surface area contributed by atoms with E-state index in [0.29, 0.717) is 6.29 Å². The highest BCUT2D eigenvalue weighted by Crippen LogP contribution is 2.01. The number of hydrogen-bond acceptors (Lipinski definition) is 3. The van der Waals surface area contributed by atoms with Gasteiger partial charge >= 0.3 is 5.97 Å². The van der Waals surface area contributed by atoms with Crippen molar-refractivity contribution >= 4 is 12.3 Å². The second-order valence-corrected chi connectivity index (χ2v) is 2.22. The van der Waals surface area contributed by atoms with Crippen LogP contribution in [0.15, 0.2) is 12.7 Å². The van der Waals surface area contributed by atoms with Gasteiger partial charge in [-0.3, -0.25) is 4.79 Å². The van der Waals surface area contributed by atoms with Crippen molar-refractivity contribution in [3.8, 4) is 0 Å². The fourth-order valence-corrected chi connectivity index (χ4v) is 0.524. The Bertz CT molecular complexity index is 151. The molecule has 0 fully saturated rings. The van der Waals surface area contributed by atoms with Gasteiger partial charge in [0, 0.05) is 6.42 Å². The van der Waals surface area contributed by atoms with Crippen LogP contribution in [0, 0.1) is 5.92 Å². The number of carbonyl (C=O) groups is 2. The number of hydrogen-bond donors (Lipinski definition) is 0. The average molecular weight is 156 g/mol. The van der Waals surface area contributed by atoms with Crippen molar-refractivity contribution < 1.29 is 14.3 Å². The van der Waals surface area contributed by atoms with Gasteiger partial charge in [-0.2, -0.15) is 0 Å². The van der Waals surface area contributed by atoms with E-state index in [4.69, 9.17) is 0 Å². The minimum atomic E-state index is -0.350. The van der Waals surface area contributed by atoms with Crippen LogP contribution in [0.1, 0.15) is 13.3 Å². The van der Waals surface area contributed by atoms with Crippen LogP contribution < -0.4 is 0 Å². The number of esters is 1. The zero-order valence-corrected chi connectivity index (χ0v) is 6.58. The van der Waals surface area contributed by atoms with E-state index in [0.717, 1.165) is 0 Å². The zero-order valence-electron chi connectivity index (χ0n) is 6.58. The maximum absolute atomic E-state index is 10.9. The minimum Gasteiger partial charge on any atom is -0.461 e. The van der Waals surface area contributed by atoms with E-state index in [9.17, 15) is 9.59 Å². The normalized spacial score (nSPS) is 11.7. The van der Waals surface area contributed by atoms with Crippen LogP contribution in [0.4, 0.5) is 0 Å². The highest BCUT2D eigenvalue weighted by atomic mass is 16.5. The summed E-state index contributed by atoms with van der Waals surface area (Å²) in [7, 11) is 0. The van der Waals surface area contributed by atoms with Gasteiger partial charge in [-0.25, -0.2) is 0 Å². The Balaban J connectivity index is 3.62. The lowest BCUT2D eigenvalue weighted by Crippen LogP contribution is -2.15. The Labute approximate surface area is 66.0 Å². The molecule has 0 saturated heterocycles. The fourth-order valence-electron chi connectivity index (χ4n) is 0.524. The van der Waals surface area contributed by atoms with Crippen LogP contribution in [-0.4, -0.2) is 18.9 Å². The van der Waals surface area contributed by atoms with Gasteiger partial charge in [0.15, 0.2) is 0 Å². The predicted molar refractivity (Wildman–Crippen MR) is 41.0 cm³/mol. The quantitative estimate of drug-likeness (QED) is 0.338. The first-order valence-electron chi connectivity index (χ1n) is 3.43. The number of ether oxygens (including phenoxy) is 1. The molecular weight excluding hydrogens is 144 g/mol. The summed E-state index contributed by atoms with van der Waals surface area (Å²) < 4.78 is 4.69. The first-order valence-corrected chi connectivity index (χ1v) is 3.43. The van der Waals surface area contributed by atoms with Crippen LogP contribution >= 0.6 is 0 Å². The average Bonchev–Trinajstić information content (AvgIpc) is 2.00. The molecule has 3 nitrogen and oxygen atoms in total. The molecule has 0 aliphatic carbocycles. The highest BCUT2D eigenvalue weighted by Gasteiger charge is 2.12. The first-order chi connectivity index (χ1) is 5.22. The predicted octanol–water partition coefficient (Wildman–Crippen LogP) is 0.941. The van der Waals surface area contributed by atoms with E-state index in [1.807, 2.05) is 0 Å². The van der Waals surface area contributed by atoms with Crippen LogP contribution in [0.25, 0.3) is 0 Å². The third-order valence-electron chi connectivity index (χ3n) is 1.20. The smallest absolute Gasteiger partial charge is 0.309 e. The Morgan fingerprint density at radius 3 is 2.82 bits per heavy atom. The SMILES string of the molecule is C=CCOC(=O)C(C)CC=O. The summed E-state index contributed by atoms with van der Waals surface area (Å²) in [6.07, 6.45) is 2.42. The Morgan fingerprint density at radius 1 is 1.73 bits per heavy atom. The first kappa shape index (κ1) is 9.88. The van der Waals surface area contributed by atoms with Gasteiger partial charge in [0.1, 0.15) is 12.9 Å². The van der Waals surface area contributed by atoms with Crippen molar-refractivity contribution in [2.75, 3.05) is 6.61 Å². The van der Waals surface area contributed by atoms with E-state index >= 15 is 0 Å². The molecular formula is C8H12O3. The van der Waals surface area contributed by atoms with Crippen molar-refractivity contribution in [3.63, 3.8) is 0 Å². The highest BCUT2D eigenvalue weighted by molar-refractivity contribution is 5.75. The van der Waals surface area contributed by atoms with E-state index < -0.39 is 0 Å². The molecule has 1 atom stereocenters. The minimum absolute atomic E-state index is 0.210. The third-order valence-corrected chi connectivity index (χ3v) is 1.20. The monoisotopic (exact) mass is 156 g/mol. The summed E-state index contributed by atoms with van der Waals surface area (Å²) in [4.78, 5) is 20.8. The molecule has 1 unspecified atom stereocenters. The lowest BCUT2D eigenvalue weighted by Gasteiger charge is -2.05. The molecule has 0 aromatic rings. The number of carbonyl (C=O) groups excluding carboxylic acids is 2. The molecule has 0 aromatic heterocycles. The van der Waals surface area contributed by atoms with Crippen molar-refractivity contribution in [1.29, 1.82) is 0 Å². The topological polar surface area (TPSA) is 43.4 Å². The fraction of sp³-hybridized carbons (Fsp3) is 0.500. The summed E-state index contributed by atoms with van der Waals surface area (Å²) in [5, 5.41) is 0. The molecule has 0 aliphatic rings. The molecule has 0 spiro atoms. The molecule has 62 valence electrons. The van der Waals surface area contributed by atoms with Crippen LogP contribution in [0.2, 0.25) is 0 Å². The van der Waals surface area contributed by atoms with E-state index in [1.54, 1.807) is 6.92 Å². The van der Waals surface area contributed by atoms with Gasteiger partial charge in [-0.1, -0.05) is 19.6 Å². The maximum atomic E-state index is 10.9. The third kappa shape index (κ3) is 4.31. The molecule has 0 heterocycles. The van der Waals surface area contributed by atoms with Crippen molar-refractivity contribution in [2.45, 2.75) is 13.3 Å². The van der Waals surface area contributed by atoms with Crippen LogP contribution in [0.5, 0.6) is 0 Å². The van der Waals surface area contributed by atoms with Gasteiger partial charge in [0.2, 0.25) is 0 Å². The van der Waals surface area contributed by atoms with Crippen molar-refractivity contribution in [2.24, 2.45) is 5.92 Å². The molecule has 0 aliphatic heterocycles. The van der Waals surface area contributed by atoms with Crippen molar-refractivity contribution in [1.82, 2.24) is 0 Å². The summed E-state index contributed by atoms with van der Waals surface area (Å²) in [6, 6.07) is 0. The molecule has 0 bridgehead atoms. The van der Waals surface area contributed by atoms with E-state index in [2.05, 4.69) is 11.3 Å². The lowest BCUT2D eigenvalue weighted by atomic mass is 10.1.